The third-order valence-corrected chi connectivity index (χ3v) is 6.82. The van der Waals surface area contributed by atoms with Crippen LogP contribution in [0.3, 0.4) is 0 Å². The van der Waals surface area contributed by atoms with Gasteiger partial charge in [0.2, 0.25) is 5.78 Å². The zero-order valence-corrected chi connectivity index (χ0v) is 20.2. The Hall–Kier alpha value is -3.43. The number of nitrogens with zero attached hydrogens (tertiary/aromatic N) is 1. The molecule has 2 unspecified atom stereocenters. The van der Waals surface area contributed by atoms with Gasteiger partial charge in [0.25, 0.3) is 5.91 Å². The SMILES string of the molecule is COc1ccc(C(=O)C2C(=O)C(=O)N(CC[NH+]3CCOCC3)C2c2ccc(O)c(OC)c2)cc1C. The number of quaternary nitrogens is 1. The molecule has 35 heavy (non-hydrogen) atoms. The number of phenols is 1. The van der Waals surface area contributed by atoms with E-state index >= 15 is 0 Å². The molecule has 1 amide bonds. The third-order valence-electron chi connectivity index (χ3n) is 6.82. The van der Waals surface area contributed by atoms with E-state index in [9.17, 15) is 19.5 Å². The molecule has 0 bridgehead atoms. The number of benzene rings is 2. The summed E-state index contributed by atoms with van der Waals surface area (Å²) in [6, 6.07) is 8.82. The Morgan fingerprint density at radius 3 is 2.46 bits per heavy atom. The van der Waals surface area contributed by atoms with Gasteiger partial charge >= 0.3 is 0 Å². The van der Waals surface area contributed by atoms with Gasteiger partial charge in [-0.3, -0.25) is 14.4 Å². The first-order chi connectivity index (χ1) is 16.8. The zero-order valence-electron chi connectivity index (χ0n) is 20.2. The van der Waals surface area contributed by atoms with Crippen molar-refractivity contribution in [3.63, 3.8) is 0 Å². The van der Waals surface area contributed by atoms with Crippen molar-refractivity contribution in [2.75, 3.05) is 53.6 Å². The highest BCUT2D eigenvalue weighted by Crippen LogP contribution is 2.41. The van der Waals surface area contributed by atoms with Gasteiger partial charge in [-0.2, -0.15) is 0 Å². The van der Waals surface area contributed by atoms with Crippen molar-refractivity contribution in [2.24, 2.45) is 5.92 Å². The number of likely N-dealkylation sites (tertiary alicyclic amines) is 1. The zero-order chi connectivity index (χ0) is 25.1. The number of methoxy groups -OCH3 is 2. The molecule has 2 aromatic carbocycles. The predicted octanol–water partition coefficient (Wildman–Crippen LogP) is 0.584. The summed E-state index contributed by atoms with van der Waals surface area (Å²) < 4.78 is 16.0. The summed E-state index contributed by atoms with van der Waals surface area (Å²) in [5, 5.41) is 10.1. The van der Waals surface area contributed by atoms with Gasteiger partial charge in [0.1, 0.15) is 24.8 Å². The first-order valence-electron chi connectivity index (χ1n) is 11.7. The van der Waals surface area contributed by atoms with Crippen molar-refractivity contribution in [1.29, 1.82) is 0 Å². The van der Waals surface area contributed by atoms with Gasteiger partial charge in [-0.25, -0.2) is 0 Å². The number of aromatic hydroxyl groups is 1. The first kappa shape index (κ1) is 24.7. The van der Waals surface area contributed by atoms with Crippen LogP contribution in [-0.2, 0) is 14.3 Å². The van der Waals surface area contributed by atoms with E-state index in [0.29, 0.717) is 43.2 Å². The van der Waals surface area contributed by atoms with E-state index < -0.39 is 29.4 Å². The number of morpholine rings is 1. The van der Waals surface area contributed by atoms with E-state index in [1.807, 2.05) is 6.92 Å². The summed E-state index contributed by atoms with van der Waals surface area (Å²) in [5.74, 6) is -2.25. The monoisotopic (exact) mass is 483 g/mol. The van der Waals surface area contributed by atoms with Crippen LogP contribution >= 0.6 is 0 Å². The molecule has 2 aliphatic heterocycles. The number of aryl methyl sites for hydroxylation is 1. The van der Waals surface area contributed by atoms with E-state index in [4.69, 9.17) is 14.2 Å². The largest absolute Gasteiger partial charge is 0.504 e. The van der Waals surface area contributed by atoms with Crippen LogP contribution < -0.4 is 14.4 Å². The van der Waals surface area contributed by atoms with Crippen molar-refractivity contribution in [3.8, 4) is 17.2 Å². The lowest BCUT2D eigenvalue weighted by atomic mass is 9.85. The Morgan fingerprint density at radius 1 is 1.09 bits per heavy atom. The topological polar surface area (TPSA) is 107 Å². The average Bonchev–Trinajstić information content (AvgIpc) is 3.12. The lowest BCUT2D eigenvalue weighted by Crippen LogP contribution is -3.14. The molecular formula is C26H31N2O7+. The van der Waals surface area contributed by atoms with Gasteiger partial charge in [-0.05, 0) is 48.4 Å². The molecule has 0 spiro atoms. The third kappa shape index (κ3) is 4.87. The van der Waals surface area contributed by atoms with E-state index in [1.165, 1.54) is 23.0 Å². The number of hydrogen-bond donors (Lipinski definition) is 2. The quantitative estimate of drug-likeness (QED) is 0.321. The van der Waals surface area contributed by atoms with Crippen molar-refractivity contribution in [2.45, 2.75) is 13.0 Å². The van der Waals surface area contributed by atoms with E-state index in [-0.39, 0.29) is 11.5 Å². The van der Waals surface area contributed by atoms with Crippen LogP contribution in [0.5, 0.6) is 17.2 Å². The van der Waals surface area contributed by atoms with Crippen LogP contribution in [0.1, 0.15) is 27.5 Å². The molecular weight excluding hydrogens is 452 g/mol. The Bertz CT molecular complexity index is 1130. The van der Waals surface area contributed by atoms with Crippen LogP contribution in [0.15, 0.2) is 36.4 Å². The number of nitrogens with one attached hydrogen (secondary N) is 1. The normalized spacial score (nSPS) is 20.8. The Labute approximate surface area is 204 Å². The average molecular weight is 484 g/mol. The molecule has 2 aromatic rings. The molecule has 2 saturated heterocycles. The van der Waals surface area contributed by atoms with Crippen molar-refractivity contribution in [1.82, 2.24) is 4.90 Å². The minimum atomic E-state index is -1.20. The molecule has 0 aliphatic carbocycles. The molecule has 2 atom stereocenters. The van der Waals surface area contributed by atoms with Gasteiger partial charge < -0.3 is 29.1 Å². The lowest BCUT2D eigenvalue weighted by Gasteiger charge is -2.30. The van der Waals surface area contributed by atoms with Crippen molar-refractivity contribution in [3.05, 3.63) is 53.1 Å². The molecule has 9 nitrogen and oxygen atoms in total. The molecule has 4 rings (SSSR count). The number of ether oxygens (including phenoxy) is 3. The van der Waals surface area contributed by atoms with E-state index in [1.54, 1.807) is 37.4 Å². The van der Waals surface area contributed by atoms with Gasteiger partial charge in [0.15, 0.2) is 17.3 Å². The minimum Gasteiger partial charge on any atom is -0.504 e. The molecule has 2 fully saturated rings. The van der Waals surface area contributed by atoms with E-state index in [0.717, 1.165) is 18.7 Å². The fraction of sp³-hybridized carbons (Fsp3) is 0.423. The molecule has 2 N–H and O–H groups in total. The standard InChI is InChI=1S/C26H30N2O7/c1-16-14-18(5-7-20(16)33-2)24(30)22-23(17-4-6-19(29)21(15-17)34-3)28(26(32)25(22)31)9-8-27-10-12-35-13-11-27/h4-7,14-15,22-23,29H,8-13H2,1-3H3/p+1. The summed E-state index contributed by atoms with van der Waals surface area (Å²) in [7, 11) is 2.97. The summed E-state index contributed by atoms with van der Waals surface area (Å²) in [6.45, 7) is 5.71. The number of amides is 1. The maximum absolute atomic E-state index is 13.7. The van der Waals surface area contributed by atoms with Gasteiger partial charge in [0, 0.05) is 5.56 Å². The number of hydrogen-bond acceptors (Lipinski definition) is 7. The lowest BCUT2D eigenvalue weighted by molar-refractivity contribution is -0.907. The van der Waals surface area contributed by atoms with Gasteiger partial charge in [-0.1, -0.05) is 6.07 Å². The molecule has 0 saturated carbocycles. The minimum absolute atomic E-state index is 0.0649. The fourth-order valence-electron chi connectivity index (χ4n) is 4.88. The van der Waals surface area contributed by atoms with Crippen molar-refractivity contribution >= 4 is 17.5 Å². The van der Waals surface area contributed by atoms with Crippen molar-refractivity contribution < 1.29 is 38.6 Å². The predicted molar refractivity (Wildman–Crippen MR) is 126 cm³/mol. The van der Waals surface area contributed by atoms with Crippen LogP contribution in [0.4, 0.5) is 0 Å². The molecule has 186 valence electrons. The second-order valence-corrected chi connectivity index (χ2v) is 8.88. The molecule has 0 radical (unpaired) electrons. The van der Waals surface area contributed by atoms with Crippen LogP contribution in [-0.4, -0.2) is 81.1 Å². The Balaban J connectivity index is 1.71. The molecule has 2 aliphatic rings. The number of Topliss-reactive ketones (excluding diaryl/α,β-unsaturated/α-hetero) is 2. The maximum atomic E-state index is 13.7. The van der Waals surface area contributed by atoms with Gasteiger partial charge in [-0.15, -0.1) is 0 Å². The second-order valence-electron chi connectivity index (χ2n) is 8.88. The number of ketones is 2. The fourth-order valence-corrected chi connectivity index (χ4v) is 4.88. The van der Waals surface area contributed by atoms with Crippen LogP contribution in [0.25, 0.3) is 0 Å². The van der Waals surface area contributed by atoms with E-state index in [2.05, 4.69) is 0 Å². The van der Waals surface area contributed by atoms with Crippen LogP contribution in [0, 0.1) is 12.8 Å². The highest BCUT2D eigenvalue weighted by molar-refractivity contribution is 6.44. The number of carbonyl (C=O) groups excluding carboxylic acids is 3. The highest BCUT2D eigenvalue weighted by Gasteiger charge is 2.52. The van der Waals surface area contributed by atoms with Gasteiger partial charge in [0.05, 0.1) is 46.6 Å². The summed E-state index contributed by atoms with van der Waals surface area (Å²) in [5.41, 5.74) is 1.65. The molecule has 0 aromatic heterocycles. The number of phenolic OH excluding ortho intramolecular Hbond substituents is 1. The Morgan fingerprint density at radius 2 is 1.80 bits per heavy atom. The second kappa shape index (κ2) is 10.5. The number of carbonyl (C=O) groups is 3. The highest BCUT2D eigenvalue weighted by atomic mass is 16.5. The molecule has 9 heteroatoms. The Kier molecular flexibility index (Phi) is 7.37. The maximum Gasteiger partial charge on any atom is 0.291 e. The smallest absolute Gasteiger partial charge is 0.291 e. The van der Waals surface area contributed by atoms with Crippen LogP contribution in [0.2, 0.25) is 0 Å². The summed E-state index contributed by atoms with van der Waals surface area (Å²) in [6.07, 6.45) is 0. The first-order valence-corrected chi connectivity index (χ1v) is 11.7. The number of rotatable bonds is 8. The summed E-state index contributed by atoms with van der Waals surface area (Å²) in [4.78, 5) is 42.9. The molecule has 2 heterocycles. The summed E-state index contributed by atoms with van der Waals surface area (Å²) >= 11 is 0.